The summed E-state index contributed by atoms with van der Waals surface area (Å²) in [6.07, 6.45) is 3.04. The van der Waals surface area contributed by atoms with E-state index in [0.717, 1.165) is 23.0 Å². The Bertz CT molecular complexity index is 502. The van der Waals surface area contributed by atoms with Crippen molar-refractivity contribution in [2.75, 3.05) is 0 Å². The smallest absolute Gasteiger partial charge is 0.155 e. The van der Waals surface area contributed by atoms with Crippen LogP contribution in [0.1, 0.15) is 30.7 Å². The zero-order valence-corrected chi connectivity index (χ0v) is 8.72. The van der Waals surface area contributed by atoms with Crippen LogP contribution < -0.4 is 5.73 Å². The molecule has 2 aromatic heterocycles. The van der Waals surface area contributed by atoms with E-state index in [1.54, 1.807) is 6.20 Å². The van der Waals surface area contributed by atoms with Crippen molar-refractivity contribution < 1.29 is 0 Å². The molecule has 1 fully saturated rings. The fourth-order valence-electron chi connectivity index (χ4n) is 2.03. The van der Waals surface area contributed by atoms with Crippen molar-refractivity contribution in [3.63, 3.8) is 0 Å². The maximum atomic E-state index is 5.66. The number of nitrogens with two attached hydrogens (primary N) is 1. The van der Waals surface area contributed by atoms with E-state index in [9.17, 15) is 0 Å². The first-order chi connectivity index (χ1) is 7.29. The van der Waals surface area contributed by atoms with Crippen LogP contribution in [-0.4, -0.2) is 14.6 Å². The standard InChI is InChI=1S/C11H14N4/c1-7-4-9(7)10-5-11-13-3-2-8(6-12)15(11)14-10/h2-3,5,7,9H,4,6,12H2,1H3. The van der Waals surface area contributed by atoms with Crippen molar-refractivity contribution in [1.29, 1.82) is 0 Å². The molecule has 0 radical (unpaired) electrons. The third-order valence-corrected chi connectivity index (χ3v) is 3.15. The Kier molecular flexibility index (Phi) is 1.79. The minimum atomic E-state index is 0.500. The van der Waals surface area contributed by atoms with Crippen LogP contribution in [-0.2, 0) is 6.54 Å². The molecular weight excluding hydrogens is 188 g/mol. The van der Waals surface area contributed by atoms with Crippen LogP contribution in [0.5, 0.6) is 0 Å². The highest BCUT2D eigenvalue weighted by atomic mass is 15.3. The highest BCUT2D eigenvalue weighted by molar-refractivity contribution is 5.42. The fraction of sp³-hybridized carbons (Fsp3) is 0.455. The van der Waals surface area contributed by atoms with Crippen LogP contribution in [0, 0.1) is 5.92 Å². The molecule has 4 nitrogen and oxygen atoms in total. The van der Waals surface area contributed by atoms with Gasteiger partial charge in [0.2, 0.25) is 0 Å². The largest absolute Gasteiger partial charge is 0.325 e. The quantitative estimate of drug-likeness (QED) is 0.798. The Labute approximate surface area is 88.1 Å². The van der Waals surface area contributed by atoms with Gasteiger partial charge in [0.1, 0.15) is 0 Å². The average molecular weight is 202 g/mol. The molecule has 2 N–H and O–H groups in total. The molecule has 0 aromatic carbocycles. The molecule has 2 heterocycles. The van der Waals surface area contributed by atoms with Crippen molar-refractivity contribution in [2.24, 2.45) is 11.7 Å². The Morgan fingerprint density at radius 1 is 1.60 bits per heavy atom. The Balaban J connectivity index is 2.13. The van der Waals surface area contributed by atoms with Gasteiger partial charge in [-0.15, -0.1) is 0 Å². The Hall–Kier alpha value is -1.42. The second kappa shape index (κ2) is 3.03. The van der Waals surface area contributed by atoms with Crippen molar-refractivity contribution in [3.8, 4) is 0 Å². The average Bonchev–Trinajstić information content (AvgIpc) is 2.82. The Morgan fingerprint density at radius 2 is 2.40 bits per heavy atom. The summed E-state index contributed by atoms with van der Waals surface area (Å²) in [7, 11) is 0. The van der Waals surface area contributed by atoms with E-state index in [-0.39, 0.29) is 0 Å². The van der Waals surface area contributed by atoms with Gasteiger partial charge in [-0.25, -0.2) is 9.50 Å². The maximum absolute atomic E-state index is 5.66. The third kappa shape index (κ3) is 1.33. The lowest BCUT2D eigenvalue weighted by atomic mass is 10.2. The molecule has 0 bridgehead atoms. The molecule has 15 heavy (non-hydrogen) atoms. The molecule has 0 amide bonds. The second-order valence-corrected chi connectivity index (χ2v) is 4.30. The van der Waals surface area contributed by atoms with E-state index in [2.05, 4.69) is 23.1 Å². The van der Waals surface area contributed by atoms with E-state index >= 15 is 0 Å². The third-order valence-electron chi connectivity index (χ3n) is 3.15. The minimum Gasteiger partial charge on any atom is -0.325 e. The van der Waals surface area contributed by atoms with Gasteiger partial charge in [0, 0.05) is 24.7 Å². The van der Waals surface area contributed by atoms with E-state index < -0.39 is 0 Å². The summed E-state index contributed by atoms with van der Waals surface area (Å²) in [6, 6.07) is 3.99. The van der Waals surface area contributed by atoms with E-state index in [1.165, 1.54) is 6.42 Å². The molecule has 1 saturated carbocycles. The fourth-order valence-corrected chi connectivity index (χ4v) is 2.03. The number of hydrogen-bond acceptors (Lipinski definition) is 3. The molecular formula is C11H14N4. The maximum Gasteiger partial charge on any atom is 0.155 e. The Morgan fingerprint density at radius 3 is 3.07 bits per heavy atom. The first kappa shape index (κ1) is 8.85. The van der Waals surface area contributed by atoms with E-state index in [4.69, 9.17) is 5.73 Å². The van der Waals surface area contributed by atoms with Crippen LogP contribution in [0.4, 0.5) is 0 Å². The molecule has 0 saturated heterocycles. The summed E-state index contributed by atoms with van der Waals surface area (Å²) in [5.41, 5.74) is 8.74. The van der Waals surface area contributed by atoms with Crippen LogP contribution in [0.3, 0.4) is 0 Å². The van der Waals surface area contributed by atoms with Gasteiger partial charge in [-0.1, -0.05) is 6.92 Å². The number of nitrogens with zero attached hydrogens (tertiary/aromatic N) is 3. The zero-order valence-electron chi connectivity index (χ0n) is 8.72. The molecule has 4 heteroatoms. The van der Waals surface area contributed by atoms with E-state index in [0.29, 0.717) is 12.5 Å². The van der Waals surface area contributed by atoms with Gasteiger partial charge < -0.3 is 5.73 Å². The van der Waals surface area contributed by atoms with Crippen molar-refractivity contribution in [1.82, 2.24) is 14.6 Å². The highest BCUT2D eigenvalue weighted by Gasteiger charge is 2.36. The number of fused-ring (bicyclic) bond motifs is 1. The van der Waals surface area contributed by atoms with Gasteiger partial charge in [0.05, 0.1) is 11.4 Å². The molecule has 78 valence electrons. The topological polar surface area (TPSA) is 56.2 Å². The molecule has 1 aliphatic carbocycles. The van der Waals surface area contributed by atoms with Gasteiger partial charge in [0.25, 0.3) is 0 Å². The predicted octanol–water partition coefficient (Wildman–Crippen LogP) is 1.31. The number of rotatable bonds is 2. The molecule has 2 aromatic rings. The number of hydrogen-bond donors (Lipinski definition) is 1. The van der Waals surface area contributed by atoms with Gasteiger partial charge in [0.15, 0.2) is 5.65 Å². The zero-order chi connectivity index (χ0) is 10.4. The van der Waals surface area contributed by atoms with Gasteiger partial charge in [-0.05, 0) is 18.4 Å². The minimum absolute atomic E-state index is 0.500. The molecule has 0 spiro atoms. The molecule has 1 aliphatic rings. The van der Waals surface area contributed by atoms with E-state index in [1.807, 2.05) is 10.6 Å². The lowest BCUT2D eigenvalue weighted by Gasteiger charge is -1.98. The highest BCUT2D eigenvalue weighted by Crippen LogP contribution is 2.46. The molecule has 3 rings (SSSR count). The SMILES string of the molecule is CC1CC1c1cc2nccc(CN)n2n1. The first-order valence-electron chi connectivity index (χ1n) is 5.33. The summed E-state index contributed by atoms with van der Waals surface area (Å²) < 4.78 is 1.86. The molecule has 2 atom stereocenters. The monoisotopic (exact) mass is 202 g/mol. The normalized spacial score (nSPS) is 24.7. The van der Waals surface area contributed by atoms with Crippen molar-refractivity contribution in [2.45, 2.75) is 25.8 Å². The molecule has 2 unspecified atom stereocenters. The van der Waals surface area contributed by atoms with Gasteiger partial charge in [-0.2, -0.15) is 5.10 Å². The van der Waals surface area contributed by atoms with Crippen LogP contribution in [0.2, 0.25) is 0 Å². The lowest BCUT2D eigenvalue weighted by Crippen LogP contribution is -2.05. The molecule has 0 aliphatic heterocycles. The summed E-state index contributed by atoms with van der Waals surface area (Å²) in [6.45, 7) is 2.76. The summed E-state index contributed by atoms with van der Waals surface area (Å²) in [5.74, 6) is 1.41. The van der Waals surface area contributed by atoms with Crippen LogP contribution >= 0.6 is 0 Å². The van der Waals surface area contributed by atoms with Gasteiger partial charge in [-0.3, -0.25) is 0 Å². The second-order valence-electron chi connectivity index (χ2n) is 4.30. The van der Waals surface area contributed by atoms with Gasteiger partial charge >= 0.3 is 0 Å². The lowest BCUT2D eigenvalue weighted by molar-refractivity contribution is 0.794. The summed E-state index contributed by atoms with van der Waals surface area (Å²) in [4.78, 5) is 4.29. The summed E-state index contributed by atoms with van der Waals surface area (Å²) in [5, 5.41) is 4.57. The van der Waals surface area contributed by atoms with Crippen molar-refractivity contribution in [3.05, 3.63) is 29.7 Å². The summed E-state index contributed by atoms with van der Waals surface area (Å²) >= 11 is 0. The predicted molar refractivity (Wildman–Crippen MR) is 57.4 cm³/mol. The number of aromatic nitrogens is 3. The van der Waals surface area contributed by atoms with Crippen LogP contribution in [0.25, 0.3) is 5.65 Å². The first-order valence-corrected chi connectivity index (χ1v) is 5.33. The van der Waals surface area contributed by atoms with Crippen LogP contribution in [0.15, 0.2) is 18.3 Å². The van der Waals surface area contributed by atoms with Crippen molar-refractivity contribution >= 4 is 5.65 Å².